The number of halogens is 2. The van der Waals surface area contributed by atoms with Gasteiger partial charge >= 0.3 is 0 Å². The van der Waals surface area contributed by atoms with Crippen LogP contribution in [0.2, 0.25) is 0 Å². The Morgan fingerprint density at radius 1 is 1.21 bits per heavy atom. The van der Waals surface area contributed by atoms with E-state index in [2.05, 4.69) is 10.4 Å². The molecule has 2 heterocycles. The van der Waals surface area contributed by atoms with Crippen LogP contribution in [0.15, 0.2) is 54.9 Å². The van der Waals surface area contributed by atoms with Gasteiger partial charge in [0.1, 0.15) is 12.2 Å². The van der Waals surface area contributed by atoms with E-state index >= 15 is 0 Å². The van der Waals surface area contributed by atoms with Crippen LogP contribution in [0.5, 0.6) is 0 Å². The monoisotopic (exact) mass is 384 g/mol. The summed E-state index contributed by atoms with van der Waals surface area (Å²) >= 11 is 0. The average Bonchev–Trinajstić information content (AvgIpc) is 3.20. The van der Waals surface area contributed by atoms with E-state index in [0.717, 1.165) is 28.8 Å². The number of benzene rings is 1. The van der Waals surface area contributed by atoms with Crippen molar-refractivity contribution in [2.75, 3.05) is 0 Å². The number of hydrogen-bond acceptors (Lipinski definition) is 2. The summed E-state index contributed by atoms with van der Waals surface area (Å²) in [5.74, 6) is -0.0802. The highest BCUT2D eigenvalue weighted by molar-refractivity contribution is 5.76. The van der Waals surface area contributed by atoms with Gasteiger partial charge in [-0.05, 0) is 55.7 Å². The Bertz CT molecular complexity index is 961. The third kappa shape index (κ3) is 3.98. The first-order valence-corrected chi connectivity index (χ1v) is 9.39. The van der Waals surface area contributed by atoms with Crippen LogP contribution in [0.1, 0.15) is 55.1 Å². The highest BCUT2D eigenvalue weighted by Gasteiger charge is 2.29. The molecule has 1 aliphatic rings. The predicted octanol–water partition coefficient (Wildman–Crippen LogP) is 4.37. The molecule has 1 N–H and O–H groups in total. The van der Waals surface area contributed by atoms with Gasteiger partial charge in [-0.3, -0.25) is 9.48 Å². The van der Waals surface area contributed by atoms with Crippen molar-refractivity contribution in [2.24, 2.45) is 0 Å². The molecule has 0 radical (unpaired) electrons. The molecule has 0 saturated heterocycles. The van der Waals surface area contributed by atoms with Crippen molar-refractivity contribution in [2.45, 2.75) is 44.7 Å². The zero-order valence-corrected chi connectivity index (χ0v) is 15.6. The van der Waals surface area contributed by atoms with E-state index in [1.807, 2.05) is 60.3 Å². The van der Waals surface area contributed by atoms with Crippen LogP contribution in [0.3, 0.4) is 0 Å². The maximum absolute atomic E-state index is 13.3. The summed E-state index contributed by atoms with van der Waals surface area (Å²) in [6, 6.07) is 12.9. The largest absolute Gasteiger partial charge is 0.348 e. The average molecular weight is 384 g/mol. The Hall–Kier alpha value is -2.96. The fourth-order valence-corrected chi connectivity index (χ4v) is 3.30. The predicted molar refractivity (Wildman–Crippen MR) is 101 cm³/mol. The first kappa shape index (κ1) is 18.4. The summed E-state index contributed by atoms with van der Waals surface area (Å²) in [5.41, 5.74) is 2.40. The SMILES string of the molecule is CC(NC(=O)Cn1nc(C2CC2)cc1C(F)F)c1cccc(-n2cccc2)c1. The number of rotatable bonds is 7. The highest BCUT2D eigenvalue weighted by Crippen LogP contribution is 2.40. The zero-order chi connectivity index (χ0) is 19.7. The molecule has 3 aromatic rings. The van der Waals surface area contributed by atoms with Gasteiger partial charge in [-0.15, -0.1) is 0 Å². The van der Waals surface area contributed by atoms with E-state index in [0.29, 0.717) is 5.69 Å². The van der Waals surface area contributed by atoms with Gasteiger partial charge in [0, 0.05) is 24.0 Å². The third-order valence-corrected chi connectivity index (χ3v) is 4.99. The molecule has 28 heavy (non-hydrogen) atoms. The molecule has 2 aromatic heterocycles. The number of carbonyl (C=O) groups excluding carboxylic acids is 1. The Balaban J connectivity index is 1.45. The molecule has 5 nitrogen and oxygen atoms in total. The van der Waals surface area contributed by atoms with Crippen molar-refractivity contribution in [1.29, 1.82) is 0 Å². The lowest BCUT2D eigenvalue weighted by Gasteiger charge is -2.16. The lowest BCUT2D eigenvalue weighted by atomic mass is 10.1. The van der Waals surface area contributed by atoms with Gasteiger partial charge in [0.05, 0.1) is 11.7 Å². The van der Waals surface area contributed by atoms with Crippen LogP contribution in [0, 0.1) is 0 Å². The normalized spacial score (nSPS) is 15.0. The van der Waals surface area contributed by atoms with Crippen LogP contribution in [-0.4, -0.2) is 20.3 Å². The lowest BCUT2D eigenvalue weighted by molar-refractivity contribution is -0.122. The Labute approximate surface area is 162 Å². The quantitative estimate of drug-likeness (QED) is 0.658. The van der Waals surface area contributed by atoms with Gasteiger partial charge in [0.15, 0.2) is 0 Å². The van der Waals surface area contributed by atoms with Gasteiger partial charge in [0.2, 0.25) is 5.91 Å². The summed E-state index contributed by atoms with van der Waals surface area (Å²) < 4.78 is 29.7. The smallest absolute Gasteiger partial charge is 0.280 e. The third-order valence-electron chi connectivity index (χ3n) is 4.99. The molecule has 7 heteroatoms. The van der Waals surface area contributed by atoms with Crippen LogP contribution in [0.4, 0.5) is 8.78 Å². The van der Waals surface area contributed by atoms with Gasteiger partial charge < -0.3 is 9.88 Å². The number of carbonyl (C=O) groups is 1. The van der Waals surface area contributed by atoms with Crippen molar-refractivity contribution >= 4 is 5.91 Å². The molecule has 1 saturated carbocycles. The minimum Gasteiger partial charge on any atom is -0.348 e. The minimum absolute atomic E-state index is 0.195. The number of aromatic nitrogens is 3. The summed E-state index contributed by atoms with van der Waals surface area (Å²) in [4.78, 5) is 12.5. The molecule has 0 bridgehead atoms. The van der Waals surface area contributed by atoms with Crippen molar-refractivity contribution in [3.8, 4) is 5.69 Å². The number of nitrogens with one attached hydrogen (secondary N) is 1. The molecule has 1 atom stereocenters. The standard InChI is InChI=1S/C21H22F2N4O/c1-14(16-5-4-6-17(11-16)26-9-2-3-10-26)24-20(28)13-27-19(21(22)23)12-18(25-27)15-7-8-15/h2-6,9-12,14-15,21H,7-8,13H2,1H3,(H,24,28). The van der Waals surface area contributed by atoms with Gasteiger partial charge in [-0.25, -0.2) is 8.78 Å². The second-order valence-corrected chi connectivity index (χ2v) is 7.20. The van der Waals surface area contributed by atoms with Crippen molar-refractivity contribution < 1.29 is 13.6 Å². The van der Waals surface area contributed by atoms with Gasteiger partial charge in [0.25, 0.3) is 6.43 Å². The second-order valence-electron chi connectivity index (χ2n) is 7.20. The molecule has 1 aromatic carbocycles. The van der Waals surface area contributed by atoms with E-state index in [4.69, 9.17) is 0 Å². The first-order chi connectivity index (χ1) is 13.5. The fraction of sp³-hybridized carbons (Fsp3) is 0.333. The second kappa shape index (κ2) is 7.58. The van der Waals surface area contributed by atoms with E-state index in [9.17, 15) is 13.6 Å². The van der Waals surface area contributed by atoms with Crippen molar-refractivity contribution in [3.63, 3.8) is 0 Å². The number of hydrogen-bond donors (Lipinski definition) is 1. The van der Waals surface area contributed by atoms with E-state index in [-0.39, 0.29) is 30.1 Å². The summed E-state index contributed by atoms with van der Waals surface area (Å²) in [7, 11) is 0. The maximum Gasteiger partial charge on any atom is 0.280 e. The van der Waals surface area contributed by atoms with Crippen LogP contribution >= 0.6 is 0 Å². The molecule has 0 aliphatic heterocycles. The van der Waals surface area contributed by atoms with E-state index in [1.54, 1.807) is 0 Å². The topological polar surface area (TPSA) is 51.9 Å². The van der Waals surface area contributed by atoms with E-state index in [1.165, 1.54) is 6.07 Å². The first-order valence-electron chi connectivity index (χ1n) is 9.39. The van der Waals surface area contributed by atoms with Crippen LogP contribution in [0.25, 0.3) is 5.69 Å². The van der Waals surface area contributed by atoms with Crippen molar-refractivity contribution in [3.05, 3.63) is 71.8 Å². The molecule has 146 valence electrons. The zero-order valence-electron chi connectivity index (χ0n) is 15.6. The van der Waals surface area contributed by atoms with Crippen LogP contribution < -0.4 is 5.32 Å². The number of alkyl halides is 2. The van der Waals surface area contributed by atoms with E-state index < -0.39 is 6.43 Å². The van der Waals surface area contributed by atoms with Gasteiger partial charge in [-0.2, -0.15) is 5.10 Å². The lowest BCUT2D eigenvalue weighted by Crippen LogP contribution is -2.31. The molecule has 1 unspecified atom stereocenters. The molecular weight excluding hydrogens is 362 g/mol. The Morgan fingerprint density at radius 3 is 2.64 bits per heavy atom. The number of nitrogens with zero attached hydrogens (tertiary/aromatic N) is 3. The maximum atomic E-state index is 13.3. The summed E-state index contributed by atoms with van der Waals surface area (Å²) in [6.07, 6.45) is 3.19. The Kier molecular flexibility index (Phi) is 4.98. The minimum atomic E-state index is -2.65. The molecule has 1 amide bonds. The summed E-state index contributed by atoms with van der Waals surface area (Å²) in [5, 5.41) is 7.12. The molecule has 0 spiro atoms. The molecule has 1 fully saturated rings. The molecular formula is C21H22F2N4O. The van der Waals surface area contributed by atoms with Gasteiger partial charge in [-0.1, -0.05) is 12.1 Å². The molecule has 4 rings (SSSR count). The summed E-state index contributed by atoms with van der Waals surface area (Å²) in [6.45, 7) is 1.66. The highest BCUT2D eigenvalue weighted by atomic mass is 19.3. The van der Waals surface area contributed by atoms with Crippen molar-refractivity contribution in [1.82, 2.24) is 19.7 Å². The number of amides is 1. The fourth-order valence-electron chi connectivity index (χ4n) is 3.30. The van der Waals surface area contributed by atoms with Crippen LogP contribution in [-0.2, 0) is 11.3 Å². The molecule has 1 aliphatic carbocycles. The Morgan fingerprint density at radius 2 is 1.96 bits per heavy atom.